The van der Waals surface area contributed by atoms with Gasteiger partial charge in [0.05, 0.1) is 6.04 Å². The third-order valence-electron chi connectivity index (χ3n) is 3.80. The number of hydrogen-bond donors (Lipinski definition) is 2. The minimum absolute atomic E-state index is 0.00708. The van der Waals surface area contributed by atoms with Gasteiger partial charge in [-0.15, -0.1) is 5.10 Å². The van der Waals surface area contributed by atoms with Crippen molar-refractivity contribution in [3.8, 4) is 0 Å². The van der Waals surface area contributed by atoms with Crippen molar-refractivity contribution in [3.63, 3.8) is 0 Å². The highest BCUT2D eigenvalue weighted by atomic mass is 19.4. The van der Waals surface area contributed by atoms with E-state index in [0.717, 1.165) is 32.4 Å². The van der Waals surface area contributed by atoms with Crippen LogP contribution in [0.15, 0.2) is 0 Å². The second-order valence-electron chi connectivity index (χ2n) is 5.09. The maximum absolute atomic E-state index is 12.7. The molecule has 0 aliphatic carbocycles. The van der Waals surface area contributed by atoms with Gasteiger partial charge in [0.25, 0.3) is 5.82 Å². The van der Waals surface area contributed by atoms with E-state index >= 15 is 0 Å². The molecule has 0 spiro atoms. The fraction of sp³-hybridized carbons (Fsp3) is 0.818. The zero-order valence-corrected chi connectivity index (χ0v) is 10.4. The summed E-state index contributed by atoms with van der Waals surface area (Å²) in [4.78, 5) is 3.56. The minimum atomic E-state index is -4.48. The van der Waals surface area contributed by atoms with Crippen molar-refractivity contribution in [1.29, 1.82) is 0 Å². The SMILES string of the molecule is FC(F)(F)c1nc2n(n1)C(C1CCCNC1)CCN2. The molecule has 3 rings (SSSR count). The Morgan fingerprint density at radius 3 is 2.74 bits per heavy atom. The van der Waals surface area contributed by atoms with Crippen LogP contribution in [0.3, 0.4) is 0 Å². The quantitative estimate of drug-likeness (QED) is 0.818. The first-order valence-corrected chi connectivity index (χ1v) is 6.54. The largest absolute Gasteiger partial charge is 0.453 e. The maximum atomic E-state index is 12.7. The molecular formula is C11H16F3N5. The molecule has 2 aliphatic heterocycles. The zero-order valence-electron chi connectivity index (χ0n) is 10.4. The Morgan fingerprint density at radius 2 is 2.05 bits per heavy atom. The molecule has 2 aliphatic rings. The molecule has 1 saturated heterocycles. The number of anilines is 1. The summed E-state index contributed by atoms with van der Waals surface area (Å²) in [5, 5.41) is 9.86. The molecule has 2 atom stereocenters. The Kier molecular flexibility index (Phi) is 3.12. The summed E-state index contributed by atoms with van der Waals surface area (Å²) in [5.74, 6) is -0.475. The van der Waals surface area contributed by atoms with Crippen molar-refractivity contribution in [2.24, 2.45) is 5.92 Å². The first-order chi connectivity index (χ1) is 9.05. The van der Waals surface area contributed by atoms with Crippen molar-refractivity contribution in [2.45, 2.75) is 31.5 Å². The van der Waals surface area contributed by atoms with Crippen LogP contribution >= 0.6 is 0 Å². The molecule has 2 N–H and O–H groups in total. The van der Waals surface area contributed by atoms with Gasteiger partial charge in [0.15, 0.2) is 0 Å². The van der Waals surface area contributed by atoms with Crippen LogP contribution in [0.5, 0.6) is 0 Å². The molecular weight excluding hydrogens is 259 g/mol. The first kappa shape index (κ1) is 12.7. The van der Waals surface area contributed by atoms with Gasteiger partial charge < -0.3 is 10.6 Å². The monoisotopic (exact) mass is 275 g/mol. The van der Waals surface area contributed by atoms with Gasteiger partial charge >= 0.3 is 6.18 Å². The topological polar surface area (TPSA) is 54.8 Å². The fourth-order valence-corrected chi connectivity index (χ4v) is 2.89. The van der Waals surface area contributed by atoms with Crippen LogP contribution in [0.1, 0.15) is 31.1 Å². The molecule has 0 aromatic carbocycles. The average molecular weight is 275 g/mol. The summed E-state index contributed by atoms with van der Waals surface area (Å²) in [6.45, 7) is 2.47. The number of aromatic nitrogens is 3. The van der Waals surface area contributed by atoms with Crippen molar-refractivity contribution >= 4 is 5.95 Å². The van der Waals surface area contributed by atoms with Gasteiger partial charge in [-0.25, -0.2) is 4.68 Å². The Labute approximate surface area is 108 Å². The lowest BCUT2D eigenvalue weighted by molar-refractivity contribution is -0.145. The van der Waals surface area contributed by atoms with Crippen molar-refractivity contribution < 1.29 is 13.2 Å². The maximum Gasteiger partial charge on any atom is 0.453 e. The van der Waals surface area contributed by atoms with Crippen LogP contribution in [-0.2, 0) is 6.18 Å². The number of halogens is 3. The summed E-state index contributed by atoms with van der Waals surface area (Å²) in [6, 6.07) is 0.00708. The highest BCUT2D eigenvalue weighted by molar-refractivity contribution is 5.29. The van der Waals surface area contributed by atoms with E-state index < -0.39 is 12.0 Å². The van der Waals surface area contributed by atoms with E-state index in [2.05, 4.69) is 20.7 Å². The Balaban J connectivity index is 1.88. The molecule has 8 heteroatoms. The lowest BCUT2D eigenvalue weighted by Crippen LogP contribution is -2.38. The zero-order chi connectivity index (χ0) is 13.5. The molecule has 1 fully saturated rings. The van der Waals surface area contributed by atoms with Gasteiger partial charge in [0.2, 0.25) is 5.95 Å². The van der Waals surface area contributed by atoms with Crippen LogP contribution in [0.2, 0.25) is 0 Å². The number of rotatable bonds is 1. The molecule has 106 valence electrons. The average Bonchev–Trinajstić information content (AvgIpc) is 2.83. The predicted molar refractivity (Wildman–Crippen MR) is 62.8 cm³/mol. The van der Waals surface area contributed by atoms with E-state index in [1.54, 1.807) is 0 Å². The van der Waals surface area contributed by atoms with Gasteiger partial charge in [-0.3, -0.25) is 0 Å². The summed E-state index contributed by atoms with van der Waals surface area (Å²) in [6.07, 6.45) is -1.61. The second-order valence-corrected chi connectivity index (χ2v) is 5.09. The third-order valence-corrected chi connectivity index (χ3v) is 3.80. The Hall–Kier alpha value is -1.31. The molecule has 0 saturated carbocycles. The number of piperidine rings is 1. The van der Waals surface area contributed by atoms with Gasteiger partial charge in [-0.1, -0.05) is 0 Å². The van der Waals surface area contributed by atoms with Crippen LogP contribution in [-0.4, -0.2) is 34.4 Å². The highest BCUT2D eigenvalue weighted by Gasteiger charge is 2.39. The van der Waals surface area contributed by atoms with Crippen LogP contribution in [0.4, 0.5) is 19.1 Å². The van der Waals surface area contributed by atoms with E-state index in [0.29, 0.717) is 12.5 Å². The van der Waals surface area contributed by atoms with Crippen molar-refractivity contribution in [3.05, 3.63) is 5.82 Å². The van der Waals surface area contributed by atoms with E-state index in [1.165, 1.54) is 4.68 Å². The molecule has 0 radical (unpaired) electrons. The summed E-state index contributed by atoms with van der Waals surface area (Å²) in [5.41, 5.74) is 0. The standard InChI is InChI=1S/C11H16F3N5/c12-11(13,14)9-17-10-16-5-3-8(19(10)18-9)7-2-1-4-15-6-7/h7-8,15H,1-6H2,(H,16,17,18). The highest BCUT2D eigenvalue weighted by Crippen LogP contribution is 2.35. The Morgan fingerprint density at radius 1 is 1.21 bits per heavy atom. The number of fused-ring (bicyclic) bond motifs is 1. The number of nitrogens with one attached hydrogen (secondary N) is 2. The molecule has 1 aromatic rings. The minimum Gasteiger partial charge on any atom is -0.354 e. The van der Waals surface area contributed by atoms with E-state index in [4.69, 9.17) is 0 Å². The van der Waals surface area contributed by atoms with Gasteiger partial charge in [-0.05, 0) is 38.3 Å². The molecule has 3 heterocycles. The van der Waals surface area contributed by atoms with E-state index in [1.807, 2.05) is 0 Å². The lowest BCUT2D eigenvalue weighted by Gasteiger charge is -2.33. The van der Waals surface area contributed by atoms with Crippen LogP contribution in [0.25, 0.3) is 0 Å². The molecule has 1 aromatic heterocycles. The number of alkyl halides is 3. The Bertz CT molecular complexity index is 450. The number of hydrogen-bond acceptors (Lipinski definition) is 4. The molecule has 0 amide bonds. The van der Waals surface area contributed by atoms with Gasteiger partial charge in [0.1, 0.15) is 0 Å². The molecule has 19 heavy (non-hydrogen) atoms. The van der Waals surface area contributed by atoms with E-state index in [9.17, 15) is 13.2 Å². The van der Waals surface area contributed by atoms with Crippen LogP contribution in [0, 0.1) is 5.92 Å². The molecule has 2 unspecified atom stereocenters. The van der Waals surface area contributed by atoms with Crippen molar-refractivity contribution in [2.75, 3.05) is 25.0 Å². The number of nitrogens with zero attached hydrogens (tertiary/aromatic N) is 3. The van der Waals surface area contributed by atoms with Crippen LogP contribution < -0.4 is 10.6 Å². The molecule has 0 bridgehead atoms. The normalized spacial score (nSPS) is 27.7. The third kappa shape index (κ3) is 2.41. The first-order valence-electron chi connectivity index (χ1n) is 6.54. The summed E-state index contributed by atoms with van der Waals surface area (Å²) in [7, 11) is 0. The predicted octanol–water partition coefficient (Wildman–Crippen LogP) is 1.65. The summed E-state index contributed by atoms with van der Waals surface area (Å²) >= 11 is 0. The smallest absolute Gasteiger partial charge is 0.354 e. The fourth-order valence-electron chi connectivity index (χ4n) is 2.89. The van der Waals surface area contributed by atoms with Gasteiger partial charge in [0, 0.05) is 6.54 Å². The van der Waals surface area contributed by atoms with E-state index in [-0.39, 0.29) is 12.0 Å². The molecule has 5 nitrogen and oxygen atoms in total. The van der Waals surface area contributed by atoms with Crippen molar-refractivity contribution in [1.82, 2.24) is 20.1 Å². The summed E-state index contributed by atoms with van der Waals surface area (Å²) < 4.78 is 39.4. The lowest BCUT2D eigenvalue weighted by atomic mass is 9.89. The second kappa shape index (κ2) is 4.66. The van der Waals surface area contributed by atoms with Gasteiger partial charge in [-0.2, -0.15) is 18.2 Å².